The summed E-state index contributed by atoms with van der Waals surface area (Å²) in [7, 11) is 2.05. The van der Waals surface area contributed by atoms with E-state index >= 15 is 0 Å². The highest BCUT2D eigenvalue weighted by molar-refractivity contribution is 5.10. The molecule has 102 valence electrons. The Labute approximate surface area is 111 Å². The van der Waals surface area contributed by atoms with E-state index in [0.29, 0.717) is 17.3 Å². The van der Waals surface area contributed by atoms with Crippen molar-refractivity contribution < 1.29 is 0 Å². The highest BCUT2D eigenvalue weighted by Crippen LogP contribution is 2.42. The molecule has 1 aromatic heterocycles. The van der Waals surface area contributed by atoms with Gasteiger partial charge in [0.15, 0.2) is 0 Å². The number of nitrogens with two attached hydrogens (primary N) is 1. The second kappa shape index (κ2) is 5.04. The van der Waals surface area contributed by atoms with Crippen molar-refractivity contribution in [2.75, 3.05) is 6.54 Å². The number of aromatic nitrogens is 2. The second-order valence-corrected chi connectivity index (χ2v) is 6.77. The smallest absolute Gasteiger partial charge is 0.0596 e. The standard InChI is InChI=1S/C15H27N3/c1-11-7-14(18(4)17-11)8-13-9-15(2,3)6-5-12(13)10-16/h7,12-13H,5-6,8-10,16H2,1-4H3. The average Bonchev–Trinajstić information content (AvgIpc) is 2.57. The van der Waals surface area contributed by atoms with Gasteiger partial charge in [-0.3, -0.25) is 4.68 Å². The zero-order valence-corrected chi connectivity index (χ0v) is 12.2. The van der Waals surface area contributed by atoms with Gasteiger partial charge in [0.25, 0.3) is 0 Å². The van der Waals surface area contributed by atoms with E-state index in [4.69, 9.17) is 5.73 Å². The summed E-state index contributed by atoms with van der Waals surface area (Å²) in [5.41, 5.74) is 8.91. The van der Waals surface area contributed by atoms with Crippen LogP contribution in [0.2, 0.25) is 0 Å². The van der Waals surface area contributed by atoms with Crippen molar-refractivity contribution >= 4 is 0 Å². The van der Waals surface area contributed by atoms with E-state index in [1.165, 1.54) is 25.0 Å². The molecule has 2 rings (SSSR count). The largest absolute Gasteiger partial charge is 0.330 e. The van der Waals surface area contributed by atoms with Crippen molar-refractivity contribution in [1.29, 1.82) is 0 Å². The van der Waals surface area contributed by atoms with Crippen LogP contribution in [0.3, 0.4) is 0 Å². The van der Waals surface area contributed by atoms with Crippen LogP contribution in [0.25, 0.3) is 0 Å². The molecule has 1 fully saturated rings. The maximum Gasteiger partial charge on any atom is 0.0596 e. The SMILES string of the molecule is Cc1cc(CC2CC(C)(C)CCC2CN)n(C)n1. The van der Waals surface area contributed by atoms with Crippen molar-refractivity contribution in [3.8, 4) is 0 Å². The Morgan fingerprint density at radius 2 is 2.17 bits per heavy atom. The van der Waals surface area contributed by atoms with Gasteiger partial charge in [0.2, 0.25) is 0 Å². The van der Waals surface area contributed by atoms with Crippen LogP contribution < -0.4 is 5.73 Å². The van der Waals surface area contributed by atoms with Crippen molar-refractivity contribution in [2.24, 2.45) is 30.0 Å². The first-order valence-electron chi connectivity index (χ1n) is 7.11. The molecule has 2 unspecified atom stereocenters. The first-order chi connectivity index (χ1) is 8.41. The molecule has 0 amide bonds. The Kier molecular flexibility index (Phi) is 3.81. The van der Waals surface area contributed by atoms with Gasteiger partial charge in [0.05, 0.1) is 5.69 Å². The predicted octanol–water partition coefficient (Wildman–Crippen LogP) is 2.67. The van der Waals surface area contributed by atoms with Crippen molar-refractivity contribution in [3.63, 3.8) is 0 Å². The molecule has 1 saturated carbocycles. The summed E-state index contributed by atoms with van der Waals surface area (Å²) in [6.45, 7) is 7.68. The molecule has 1 aliphatic rings. The van der Waals surface area contributed by atoms with Gasteiger partial charge in [-0.05, 0) is 62.5 Å². The topological polar surface area (TPSA) is 43.8 Å². The Balaban J connectivity index is 2.12. The molecule has 2 atom stereocenters. The van der Waals surface area contributed by atoms with Crippen LogP contribution in [0, 0.1) is 24.2 Å². The Bertz CT molecular complexity index is 406. The molecular formula is C15H27N3. The van der Waals surface area contributed by atoms with E-state index in [9.17, 15) is 0 Å². The summed E-state index contributed by atoms with van der Waals surface area (Å²) in [6.07, 6.45) is 5.02. The van der Waals surface area contributed by atoms with E-state index in [1.807, 2.05) is 11.7 Å². The number of nitrogens with zero attached hydrogens (tertiary/aromatic N) is 2. The first kappa shape index (κ1) is 13.6. The lowest BCUT2D eigenvalue weighted by atomic mass is 9.66. The van der Waals surface area contributed by atoms with Crippen LogP contribution in [0.4, 0.5) is 0 Å². The summed E-state index contributed by atoms with van der Waals surface area (Å²) >= 11 is 0. The Morgan fingerprint density at radius 3 is 2.72 bits per heavy atom. The summed E-state index contributed by atoms with van der Waals surface area (Å²) in [4.78, 5) is 0. The Hall–Kier alpha value is -0.830. The number of hydrogen-bond donors (Lipinski definition) is 1. The van der Waals surface area contributed by atoms with Crippen LogP contribution >= 0.6 is 0 Å². The van der Waals surface area contributed by atoms with Gasteiger partial charge in [-0.25, -0.2) is 0 Å². The van der Waals surface area contributed by atoms with Crippen molar-refractivity contribution in [1.82, 2.24) is 9.78 Å². The number of aryl methyl sites for hydroxylation is 2. The van der Waals surface area contributed by atoms with Gasteiger partial charge < -0.3 is 5.73 Å². The van der Waals surface area contributed by atoms with E-state index in [-0.39, 0.29) is 0 Å². The molecular weight excluding hydrogens is 222 g/mol. The fourth-order valence-corrected chi connectivity index (χ4v) is 3.46. The minimum absolute atomic E-state index is 0.476. The lowest BCUT2D eigenvalue weighted by Gasteiger charge is -2.40. The van der Waals surface area contributed by atoms with Gasteiger partial charge in [0, 0.05) is 12.7 Å². The fourth-order valence-electron chi connectivity index (χ4n) is 3.46. The van der Waals surface area contributed by atoms with Crippen LogP contribution in [0.15, 0.2) is 6.07 Å². The minimum Gasteiger partial charge on any atom is -0.330 e. The molecule has 1 aromatic rings. The van der Waals surface area contributed by atoms with Gasteiger partial charge >= 0.3 is 0 Å². The maximum absolute atomic E-state index is 5.96. The van der Waals surface area contributed by atoms with Gasteiger partial charge in [-0.1, -0.05) is 13.8 Å². The fraction of sp³-hybridized carbons (Fsp3) is 0.800. The van der Waals surface area contributed by atoms with Crippen molar-refractivity contribution in [3.05, 3.63) is 17.5 Å². The maximum atomic E-state index is 5.96. The third-order valence-corrected chi connectivity index (χ3v) is 4.55. The molecule has 18 heavy (non-hydrogen) atoms. The quantitative estimate of drug-likeness (QED) is 0.895. The van der Waals surface area contributed by atoms with Crippen LogP contribution in [0.1, 0.15) is 44.5 Å². The minimum atomic E-state index is 0.476. The normalized spacial score (nSPS) is 27.4. The molecule has 0 aromatic carbocycles. The zero-order chi connectivity index (χ0) is 13.3. The average molecular weight is 249 g/mol. The Morgan fingerprint density at radius 1 is 1.44 bits per heavy atom. The van der Waals surface area contributed by atoms with Crippen molar-refractivity contribution in [2.45, 2.75) is 46.5 Å². The second-order valence-electron chi connectivity index (χ2n) is 6.77. The molecule has 1 heterocycles. The van der Waals surface area contributed by atoms with E-state index in [1.54, 1.807) is 0 Å². The van der Waals surface area contributed by atoms with Crippen LogP contribution in [-0.2, 0) is 13.5 Å². The summed E-state index contributed by atoms with van der Waals surface area (Å²) < 4.78 is 2.03. The predicted molar refractivity (Wildman–Crippen MR) is 75.3 cm³/mol. The molecule has 2 N–H and O–H groups in total. The van der Waals surface area contributed by atoms with Gasteiger partial charge in [0.1, 0.15) is 0 Å². The van der Waals surface area contributed by atoms with Crippen LogP contribution in [0.5, 0.6) is 0 Å². The van der Waals surface area contributed by atoms with Crippen LogP contribution in [-0.4, -0.2) is 16.3 Å². The lowest BCUT2D eigenvalue weighted by molar-refractivity contribution is 0.120. The molecule has 0 aliphatic heterocycles. The highest BCUT2D eigenvalue weighted by atomic mass is 15.3. The van der Waals surface area contributed by atoms with Gasteiger partial charge in [-0.2, -0.15) is 5.10 Å². The molecule has 3 heteroatoms. The number of rotatable bonds is 3. The summed E-state index contributed by atoms with van der Waals surface area (Å²) in [6, 6.07) is 2.22. The van der Waals surface area contributed by atoms with E-state index in [2.05, 4.69) is 31.9 Å². The first-order valence-corrected chi connectivity index (χ1v) is 7.11. The molecule has 0 saturated heterocycles. The lowest BCUT2D eigenvalue weighted by Crippen LogP contribution is -2.35. The molecule has 1 aliphatic carbocycles. The zero-order valence-electron chi connectivity index (χ0n) is 12.2. The molecule has 3 nitrogen and oxygen atoms in total. The highest BCUT2D eigenvalue weighted by Gasteiger charge is 2.34. The molecule has 0 spiro atoms. The monoisotopic (exact) mass is 249 g/mol. The summed E-state index contributed by atoms with van der Waals surface area (Å²) in [5, 5.41) is 4.45. The summed E-state index contributed by atoms with van der Waals surface area (Å²) in [5.74, 6) is 1.40. The molecule has 0 bridgehead atoms. The van der Waals surface area contributed by atoms with E-state index < -0.39 is 0 Å². The molecule has 0 radical (unpaired) electrons. The van der Waals surface area contributed by atoms with E-state index in [0.717, 1.165) is 18.7 Å². The third-order valence-electron chi connectivity index (χ3n) is 4.55. The third kappa shape index (κ3) is 2.94. The number of hydrogen-bond acceptors (Lipinski definition) is 2. The van der Waals surface area contributed by atoms with Gasteiger partial charge in [-0.15, -0.1) is 0 Å².